The lowest BCUT2D eigenvalue weighted by atomic mass is 10.1. The number of aryl methyl sites for hydroxylation is 2. The summed E-state index contributed by atoms with van der Waals surface area (Å²) in [5, 5.41) is 11.5. The van der Waals surface area contributed by atoms with Crippen LogP contribution in [0, 0.1) is 5.82 Å². The molecule has 0 saturated heterocycles. The molecule has 1 amide bonds. The summed E-state index contributed by atoms with van der Waals surface area (Å²) in [6.07, 6.45) is 4.79. The highest BCUT2D eigenvalue weighted by Gasteiger charge is 2.15. The maximum atomic E-state index is 13.0. The summed E-state index contributed by atoms with van der Waals surface area (Å²) in [7, 11) is 1.63. The Kier molecular flexibility index (Phi) is 7.31. The van der Waals surface area contributed by atoms with Crippen molar-refractivity contribution in [3.8, 4) is 22.8 Å². The number of carbonyl (C=O) groups excluding carboxylic acids is 1. The topological polar surface area (TPSA) is 86.9 Å². The maximum absolute atomic E-state index is 13.0. The van der Waals surface area contributed by atoms with Gasteiger partial charge in [0.15, 0.2) is 17.5 Å². The van der Waals surface area contributed by atoms with Gasteiger partial charge >= 0.3 is 0 Å². The minimum Gasteiger partial charge on any atom is -0.497 e. The van der Waals surface area contributed by atoms with Crippen LogP contribution < -0.4 is 10.1 Å². The normalized spacial score (nSPS) is 10.9. The second kappa shape index (κ2) is 10.7. The fourth-order valence-electron chi connectivity index (χ4n) is 3.55. The van der Waals surface area contributed by atoms with Crippen molar-refractivity contribution in [3.05, 3.63) is 78.1 Å². The summed E-state index contributed by atoms with van der Waals surface area (Å²) in [5.74, 6) is 1.68. The molecule has 0 aliphatic rings. The molecule has 9 heteroatoms. The molecule has 2 aromatic heterocycles. The lowest BCUT2D eigenvalue weighted by Crippen LogP contribution is -2.24. The zero-order valence-electron chi connectivity index (χ0n) is 19.2. The third-order valence-corrected chi connectivity index (χ3v) is 5.37. The third kappa shape index (κ3) is 5.48. The quantitative estimate of drug-likeness (QED) is 0.359. The number of nitrogens with one attached hydrogen (secondary N) is 1. The molecule has 4 rings (SSSR count). The lowest BCUT2D eigenvalue weighted by Gasteiger charge is -2.09. The Morgan fingerprint density at radius 2 is 1.97 bits per heavy atom. The second-order valence-corrected chi connectivity index (χ2v) is 7.78. The van der Waals surface area contributed by atoms with E-state index in [9.17, 15) is 9.18 Å². The molecule has 176 valence electrons. The van der Waals surface area contributed by atoms with E-state index in [0.29, 0.717) is 30.9 Å². The van der Waals surface area contributed by atoms with E-state index in [1.807, 2.05) is 49.4 Å². The van der Waals surface area contributed by atoms with E-state index in [0.717, 1.165) is 35.7 Å². The molecule has 0 aliphatic heterocycles. The predicted molar refractivity (Wildman–Crippen MR) is 126 cm³/mol. The monoisotopic (exact) mass is 462 g/mol. The lowest BCUT2D eigenvalue weighted by molar-refractivity contribution is 0.0953. The van der Waals surface area contributed by atoms with Gasteiger partial charge in [-0.25, -0.2) is 14.1 Å². The van der Waals surface area contributed by atoms with Crippen LogP contribution in [0.15, 0.2) is 60.9 Å². The minimum atomic E-state index is -0.346. The van der Waals surface area contributed by atoms with E-state index in [1.165, 1.54) is 12.4 Å². The van der Waals surface area contributed by atoms with Gasteiger partial charge in [0.25, 0.3) is 5.91 Å². The molecule has 0 unspecified atom stereocenters. The summed E-state index contributed by atoms with van der Waals surface area (Å²) in [6, 6.07) is 15.0. The second-order valence-electron chi connectivity index (χ2n) is 7.78. The van der Waals surface area contributed by atoms with Crippen molar-refractivity contribution < 1.29 is 13.9 Å². The molecule has 0 bridgehead atoms. The number of carbonyl (C=O) groups is 1. The summed E-state index contributed by atoms with van der Waals surface area (Å²) in [6.45, 7) is 3.13. The highest BCUT2D eigenvalue weighted by Crippen LogP contribution is 2.24. The Balaban J connectivity index is 1.44. The van der Waals surface area contributed by atoms with Crippen LogP contribution in [-0.4, -0.2) is 44.1 Å². The average Bonchev–Trinajstić information content (AvgIpc) is 3.50. The van der Waals surface area contributed by atoms with Gasteiger partial charge in [0.2, 0.25) is 0 Å². The van der Waals surface area contributed by atoms with Crippen LogP contribution in [0.5, 0.6) is 5.75 Å². The molecule has 0 saturated carbocycles. The summed E-state index contributed by atoms with van der Waals surface area (Å²) in [4.78, 5) is 17.4. The number of hydrogen-bond donors (Lipinski definition) is 1. The first-order valence-electron chi connectivity index (χ1n) is 11.2. The van der Waals surface area contributed by atoms with Gasteiger partial charge in [0.05, 0.1) is 25.2 Å². The van der Waals surface area contributed by atoms with Gasteiger partial charge in [-0.2, -0.15) is 10.2 Å². The molecule has 4 aromatic rings. The largest absolute Gasteiger partial charge is 0.497 e. The number of methoxy groups -OCH3 is 1. The molecule has 1 N–H and O–H groups in total. The van der Waals surface area contributed by atoms with Crippen LogP contribution in [0.2, 0.25) is 0 Å². The van der Waals surface area contributed by atoms with Gasteiger partial charge in [-0.15, -0.1) is 0 Å². The molecule has 0 radical (unpaired) electrons. The molecule has 0 fully saturated rings. The number of unbranched alkanes of at least 4 members (excludes halogenated alkanes) is 1. The number of aromatic nitrogens is 5. The number of hydrogen-bond acceptors (Lipinski definition) is 5. The van der Waals surface area contributed by atoms with Gasteiger partial charge in [-0.1, -0.05) is 13.0 Å². The smallest absolute Gasteiger partial charge is 0.251 e. The first-order valence-corrected chi connectivity index (χ1v) is 11.2. The van der Waals surface area contributed by atoms with Crippen LogP contribution in [-0.2, 0) is 13.0 Å². The number of amides is 1. The molecule has 8 nitrogen and oxygen atoms in total. The fraction of sp³-hybridized carbons (Fsp3) is 0.280. The van der Waals surface area contributed by atoms with Crippen LogP contribution in [0.3, 0.4) is 0 Å². The molecule has 2 heterocycles. The number of rotatable bonds is 10. The van der Waals surface area contributed by atoms with E-state index in [1.54, 1.807) is 22.5 Å². The Morgan fingerprint density at radius 1 is 1.15 bits per heavy atom. The van der Waals surface area contributed by atoms with Crippen LogP contribution in [0.1, 0.15) is 35.9 Å². The van der Waals surface area contributed by atoms with E-state index in [4.69, 9.17) is 4.74 Å². The molecule has 0 aliphatic carbocycles. The van der Waals surface area contributed by atoms with Gasteiger partial charge in [0.1, 0.15) is 5.75 Å². The first-order chi connectivity index (χ1) is 16.6. The van der Waals surface area contributed by atoms with Gasteiger partial charge in [-0.3, -0.25) is 9.48 Å². The first kappa shape index (κ1) is 23.2. The molecule has 0 atom stereocenters. The molecule has 0 spiro atoms. The standard InChI is InChI=1S/C25H27FN6O2/c1-3-23-29-24(18-9-11-22(34-2)12-10-18)32(30-23)21-8-6-7-19(15-21)25(33)27-13-4-5-14-31-17-20(26)16-28-31/h6-12,15-17H,3-5,13-14H2,1-2H3,(H,27,33). The van der Waals surface area contributed by atoms with Crippen molar-refractivity contribution in [3.63, 3.8) is 0 Å². The van der Waals surface area contributed by atoms with Gasteiger partial charge in [-0.05, 0) is 55.3 Å². The Morgan fingerprint density at radius 3 is 2.68 bits per heavy atom. The Labute approximate surface area is 197 Å². The molecule has 2 aromatic carbocycles. The predicted octanol–water partition coefficient (Wildman–Crippen LogP) is 4.05. The summed E-state index contributed by atoms with van der Waals surface area (Å²) in [5.41, 5.74) is 2.20. The van der Waals surface area contributed by atoms with E-state index >= 15 is 0 Å². The third-order valence-electron chi connectivity index (χ3n) is 5.37. The molecule has 34 heavy (non-hydrogen) atoms. The van der Waals surface area contributed by atoms with Crippen LogP contribution in [0.25, 0.3) is 17.1 Å². The van der Waals surface area contributed by atoms with Crippen molar-refractivity contribution in [2.24, 2.45) is 0 Å². The van der Waals surface area contributed by atoms with E-state index < -0.39 is 0 Å². The van der Waals surface area contributed by atoms with Crippen LogP contribution >= 0.6 is 0 Å². The summed E-state index contributed by atoms with van der Waals surface area (Å²) < 4.78 is 21.5. The SMILES string of the molecule is CCc1nc(-c2ccc(OC)cc2)n(-c2cccc(C(=O)NCCCCn3cc(F)cn3)c2)n1. The summed E-state index contributed by atoms with van der Waals surface area (Å²) >= 11 is 0. The van der Waals surface area contributed by atoms with Gasteiger partial charge < -0.3 is 10.1 Å². The molecular weight excluding hydrogens is 435 g/mol. The number of benzene rings is 2. The van der Waals surface area contributed by atoms with Crippen molar-refractivity contribution in [2.45, 2.75) is 32.7 Å². The fourth-order valence-corrected chi connectivity index (χ4v) is 3.55. The van der Waals surface area contributed by atoms with E-state index in [2.05, 4.69) is 20.5 Å². The van der Waals surface area contributed by atoms with Crippen LogP contribution in [0.4, 0.5) is 4.39 Å². The highest BCUT2D eigenvalue weighted by molar-refractivity contribution is 5.94. The average molecular weight is 463 g/mol. The van der Waals surface area contributed by atoms with Crippen molar-refractivity contribution in [2.75, 3.05) is 13.7 Å². The minimum absolute atomic E-state index is 0.159. The molecular formula is C25H27FN6O2. The van der Waals surface area contributed by atoms with Crippen molar-refractivity contribution >= 4 is 5.91 Å². The highest BCUT2D eigenvalue weighted by atomic mass is 19.1. The number of nitrogens with zero attached hydrogens (tertiary/aromatic N) is 5. The maximum Gasteiger partial charge on any atom is 0.251 e. The zero-order chi connectivity index (χ0) is 23.9. The zero-order valence-corrected chi connectivity index (χ0v) is 19.2. The Bertz CT molecular complexity index is 1250. The van der Waals surface area contributed by atoms with Gasteiger partial charge in [0, 0.05) is 30.6 Å². The number of ether oxygens (including phenoxy) is 1. The van der Waals surface area contributed by atoms with Crippen molar-refractivity contribution in [1.82, 2.24) is 29.9 Å². The van der Waals surface area contributed by atoms with E-state index in [-0.39, 0.29) is 11.7 Å². The van der Waals surface area contributed by atoms with Crippen molar-refractivity contribution in [1.29, 1.82) is 0 Å². The Hall–Kier alpha value is -4.01. The number of halogens is 1.